The summed E-state index contributed by atoms with van der Waals surface area (Å²) < 4.78 is 1.78. The van der Waals surface area contributed by atoms with Gasteiger partial charge in [-0.05, 0) is 20.1 Å². The lowest BCUT2D eigenvalue weighted by Gasteiger charge is -2.13. The summed E-state index contributed by atoms with van der Waals surface area (Å²) in [5.41, 5.74) is 0. The molecule has 6 heteroatoms. The maximum atomic E-state index is 11.6. The summed E-state index contributed by atoms with van der Waals surface area (Å²) in [7, 11) is 0. The van der Waals surface area contributed by atoms with Gasteiger partial charge in [0, 0.05) is 23.9 Å². The van der Waals surface area contributed by atoms with Crippen LogP contribution in [0.1, 0.15) is 26.8 Å². The van der Waals surface area contributed by atoms with Crippen LogP contribution in [-0.2, 0) is 0 Å². The summed E-state index contributed by atoms with van der Waals surface area (Å²) in [5.74, 6) is 0.717. The number of rotatable bonds is 5. The van der Waals surface area contributed by atoms with Gasteiger partial charge in [-0.3, -0.25) is 5.32 Å². The van der Waals surface area contributed by atoms with Crippen molar-refractivity contribution in [1.82, 2.24) is 15.1 Å². The van der Waals surface area contributed by atoms with Crippen molar-refractivity contribution in [2.24, 2.45) is 0 Å². The van der Waals surface area contributed by atoms with Gasteiger partial charge in [-0.1, -0.05) is 6.92 Å². The van der Waals surface area contributed by atoms with Crippen LogP contribution >= 0.6 is 11.8 Å². The van der Waals surface area contributed by atoms with E-state index in [-0.39, 0.29) is 12.1 Å². The Morgan fingerprint density at radius 3 is 2.82 bits per heavy atom. The largest absolute Gasteiger partial charge is 0.337 e. The van der Waals surface area contributed by atoms with Crippen LogP contribution in [0.2, 0.25) is 0 Å². The minimum atomic E-state index is -0.187. The zero-order chi connectivity index (χ0) is 12.8. The Labute approximate surface area is 106 Å². The van der Waals surface area contributed by atoms with Crippen LogP contribution in [0.25, 0.3) is 0 Å². The topological polar surface area (TPSA) is 59.0 Å². The maximum Gasteiger partial charge on any atom is 0.320 e. The fourth-order valence-electron chi connectivity index (χ4n) is 1.31. The summed E-state index contributed by atoms with van der Waals surface area (Å²) in [4.78, 5) is 11.6. The van der Waals surface area contributed by atoms with Gasteiger partial charge in [-0.2, -0.15) is 16.9 Å². The Kier molecular flexibility index (Phi) is 5.34. The molecule has 0 radical (unpaired) electrons. The van der Waals surface area contributed by atoms with Crippen LogP contribution in [0.5, 0.6) is 0 Å². The fraction of sp³-hybridized carbons (Fsp3) is 0.636. The second kappa shape index (κ2) is 6.54. The summed E-state index contributed by atoms with van der Waals surface area (Å²) in [6.07, 6.45) is 3.71. The number of urea groups is 1. The SMILES string of the molecule is CSC(C)CNC(=O)Nc1ccnn1C(C)C. The van der Waals surface area contributed by atoms with Crippen LogP contribution in [-0.4, -0.2) is 33.9 Å². The predicted octanol–water partition coefficient (Wildman–Crippen LogP) is 2.34. The molecule has 0 aliphatic rings. The number of amides is 2. The van der Waals surface area contributed by atoms with E-state index in [4.69, 9.17) is 0 Å². The lowest BCUT2D eigenvalue weighted by Crippen LogP contribution is -2.34. The number of aromatic nitrogens is 2. The van der Waals surface area contributed by atoms with E-state index in [1.165, 1.54) is 0 Å². The molecule has 0 aliphatic heterocycles. The molecule has 0 aromatic carbocycles. The van der Waals surface area contributed by atoms with Crippen LogP contribution in [0.4, 0.5) is 10.6 Å². The Balaban J connectivity index is 2.48. The number of carbonyl (C=O) groups excluding carboxylic acids is 1. The van der Waals surface area contributed by atoms with Gasteiger partial charge in [0.1, 0.15) is 5.82 Å². The van der Waals surface area contributed by atoms with Crippen molar-refractivity contribution in [1.29, 1.82) is 0 Å². The Hall–Kier alpha value is -1.17. The average Bonchev–Trinajstić information content (AvgIpc) is 2.74. The summed E-state index contributed by atoms with van der Waals surface area (Å²) in [5, 5.41) is 10.2. The quantitative estimate of drug-likeness (QED) is 0.850. The summed E-state index contributed by atoms with van der Waals surface area (Å²) >= 11 is 1.72. The average molecular weight is 256 g/mol. The third kappa shape index (κ3) is 4.30. The van der Waals surface area contributed by atoms with Gasteiger partial charge >= 0.3 is 6.03 Å². The molecule has 1 aromatic heterocycles. The molecular formula is C11H20N4OS. The van der Waals surface area contributed by atoms with Crippen molar-refractivity contribution in [3.8, 4) is 0 Å². The van der Waals surface area contributed by atoms with Gasteiger partial charge in [-0.15, -0.1) is 0 Å². The van der Waals surface area contributed by atoms with Gasteiger partial charge in [0.15, 0.2) is 0 Å². The Morgan fingerprint density at radius 1 is 1.53 bits per heavy atom. The second-order valence-corrected chi connectivity index (χ2v) is 5.41. The molecule has 0 saturated heterocycles. The monoisotopic (exact) mass is 256 g/mol. The Bertz CT molecular complexity index is 364. The molecule has 1 heterocycles. The minimum absolute atomic E-state index is 0.187. The number of nitrogens with one attached hydrogen (secondary N) is 2. The molecule has 1 aromatic rings. The number of nitrogens with zero attached hydrogens (tertiary/aromatic N) is 2. The van der Waals surface area contributed by atoms with Crippen LogP contribution in [0.3, 0.4) is 0 Å². The zero-order valence-electron chi connectivity index (χ0n) is 10.7. The van der Waals surface area contributed by atoms with E-state index in [9.17, 15) is 4.79 Å². The molecule has 0 saturated carbocycles. The predicted molar refractivity (Wildman–Crippen MR) is 72.6 cm³/mol. The zero-order valence-corrected chi connectivity index (χ0v) is 11.5. The van der Waals surface area contributed by atoms with E-state index in [2.05, 4.69) is 22.7 Å². The first kappa shape index (κ1) is 13.9. The molecule has 5 nitrogen and oxygen atoms in total. The van der Waals surface area contributed by atoms with Crippen LogP contribution in [0, 0.1) is 0 Å². The molecule has 0 aliphatic carbocycles. The molecule has 2 amide bonds. The van der Waals surface area contributed by atoms with E-state index in [0.29, 0.717) is 17.6 Å². The third-order valence-corrected chi connectivity index (χ3v) is 3.32. The van der Waals surface area contributed by atoms with Gasteiger partial charge in [0.25, 0.3) is 0 Å². The van der Waals surface area contributed by atoms with E-state index < -0.39 is 0 Å². The smallest absolute Gasteiger partial charge is 0.320 e. The lowest BCUT2D eigenvalue weighted by atomic mass is 10.4. The van der Waals surface area contributed by atoms with Gasteiger partial charge < -0.3 is 5.32 Å². The molecule has 1 rings (SSSR count). The molecule has 17 heavy (non-hydrogen) atoms. The summed E-state index contributed by atoms with van der Waals surface area (Å²) in [6, 6.07) is 1.83. The highest BCUT2D eigenvalue weighted by molar-refractivity contribution is 7.99. The van der Waals surface area contributed by atoms with Gasteiger partial charge in [-0.25, -0.2) is 9.48 Å². The van der Waals surface area contributed by atoms with Crippen molar-refractivity contribution in [3.05, 3.63) is 12.3 Å². The number of carbonyl (C=O) groups is 1. The lowest BCUT2D eigenvalue weighted by molar-refractivity contribution is 0.252. The molecule has 1 atom stereocenters. The highest BCUT2D eigenvalue weighted by Gasteiger charge is 2.09. The minimum Gasteiger partial charge on any atom is -0.337 e. The molecule has 0 spiro atoms. The standard InChI is InChI=1S/C11H20N4OS/c1-8(2)15-10(5-6-13-15)14-11(16)12-7-9(3)17-4/h5-6,8-9H,7H2,1-4H3,(H2,12,14,16). The molecular weight excluding hydrogens is 236 g/mol. The Morgan fingerprint density at radius 2 is 2.24 bits per heavy atom. The second-order valence-electron chi connectivity index (χ2n) is 4.14. The van der Waals surface area contributed by atoms with Gasteiger partial charge in [0.05, 0.1) is 6.20 Å². The van der Waals surface area contributed by atoms with Crippen LogP contribution < -0.4 is 10.6 Å². The van der Waals surface area contributed by atoms with Crippen LogP contribution in [0.15, 0.2) is 12.3 Å². The van der Waals surface area contributed by atoms with Crippen molar-refractivity contribution in [2.75, 3.05) is 18.1 Å². The highest BCUT2D eigenvalue weighted by Crippen LogP contribution is 2.12. The normalized spacial score (nSPS) is 12.5. The third-order valence-electron chi connectivity index (χ3n) is 2.35. The van der Waals surface area contributed by atoms with E-state index in [1.807, 2.05) is 20.1 Å². The van der Waals surface area contributed by atoms with E-state index >= 15 is 0 Å². The van der Waals surface area contributed by atoms with Crippen molar-refractivity contribution < 1.29 is 4.79 Å². The van der Waals surface area contributed by atoms with Gasteiger partial charge in [0.2, 0.25) is 0 Å². The van der Waals surface area contributed by atoms with E-state index in [1.54, 1.807) is 28.7 Å². The first-order valence-corrected chi connectivity index (χ1v) is 6.94. The molecule has 96 valence electrons. The van der Waals surface area contributed by atoms with E-state index in [0.717, 1.165) is 0 Å². The van der Waals surface area contributed by atoms with Crippen molar-refractivity contribution in [2.45, 2.75) is 32.1 Å². The molecule has 0 bridgehead atoms. The first-order chi connectivity index (χ1) is 8.04. The van der Waals surface area contributed by atoms with Crippen molar-refractivity contribution >= 4 is 23.6 Å². The fourth-order valence-corrected chi connectivity index (χ4v) is 1.56. The number of hydrogen-bond acceptors (Lipinski definition) is 3. The van der Waals surface area contributed by atoms with Crippen molar-refractivity contribution in [3.63, 3.8) is 0 Å². The number of thioether (sulfide) groups is 1. The maximum absolute atomic E-state index is 11.6. The highest BCUT2D eigenvalue weighted by atomic mass is 32.2. The number of anilines is 1. The molecule has 2 N–H and O–H groups in total. The first-order valence-electron chi connectivity index (χ1n) is 5.65. The molecule has 1 unspecified atom stereocenters. The molecule has 0 fully saturated rings. The number of hydrogen-bond donors (Lipinski definition) is 2. The summed E-state index contributed by atoms with van der Waals surface area (Å²) in [6.45, 7) is 6.77.